The summed E-state index contributed by atoms with van der Waals surface area (Å²) in [7, 11) is 0. The molecular weight excluding hydrogens is 316 g/mol. The maximum absolute atomic E-state index is 11.7. The van der Waals surface area contributed by atoms with Gasteiger partial charge in [0.25, 0.3) is 0 Å². The Bertz CT molecular complexity index is 670. The fourth-order valence-electron chi connectivity index (χ4n) is 1.85. The third-order valence-electron chi connectivity index (χ3n) is 3.05. The second-order valence-corrected chi connectivity index (χ2v) is 5.90. The Kier molecular flexibility index (Phi) is 6.16. The van der Waals surface area contributed by atoms with Crippen molar-refractivity contribution in [3.05, 3.63) is 36.2 Å². The van der Waals surface area contributed by atoms with Crippen LogP contribution in [-0.2, 0) is 9.59 Å². The number of aliphatic carboxylic acids is 1. The van der Waals surface area contributed by atoms with E-state index in [1.165, 1.54) is 11.8 Å². The van der Waals surface area contributed by atoms with Crippen LogP contribution >= 0.6 is 11.8 Å². The zero-order valence-electron chi connectivity index (χ0n) is 12.7. The average molecular weight is 334 g/mol. The molecule has 1 amide bonds. The van der Waals surface area contributed by atoms with E-state index in [2.05, 4.69) is 15.5 Å². The molecule has 0 bridgehead atoms. The third kappa shape index (κ3) is 5.41. The summed E-state index contributed by atoms with van der Waals surface area (Å²) in [6.07, 6.45) is 2.08. The fraction of sp³-hybridized carbons (Fsp3) is 0.333. The summed E-state index contributed by atoms with van der Waals surface area (Å²) < 4.78 is 1.82. The van der Waals surface area contributed by atoms with Crippen LogP contribution in [0.4, 0.5) is 0 Å². The van der Waals surface area contributed by atoms with Gasteiger partial charge in [0, 0.05) is 18.7 Å². The normalized spacial score (nSPS) is 10.5. The van der Waals surface area contributed by atoms with Gasteiger partial charge in [-0.1, -0.05) is 29.5 Å². The number of carboxylic acid groups (broad SMARTS) is 1. The predicted octanol–water partition coefficient (Wildman–Crippen LogP) is 1.65. The number of nitrogens with one attached hydrogen (secondary N) is 1. The second-order valence-electron chi connectivity index (χ2n) is 4.95. The molecule has 0 aliphatic heterocycles. The van der Waals surface area contributed by atoms with Crippen molar-refractivity contribution in [3.63, 3.8) is 0 Å². The van der Waals surface area contributed by atoms with Crippen molar-refractivity contribution in [2.24, 2.45) is 0 Å². The maximum atomic E-state index is 11.7. The van der Waals surface area contributed by atoms with Crippen molar-refractivity contribution < 1.29 is 14.7 Å². The van der Waals surface area contributed by atoms with E-state index >= 15 is 0 Å². The molecule has 0 aliphatic carbocycles. The van der Waals surface area contributed by atoms with E-state index in [9.17, 15) is 9.59 Å². The lowest BCUT2D eigenvalue weighted by Gasteiger charge is -2.07. The smallest absolute Gasteiger partial charge is 0.303 e. The molecule has 0 spiro atoms. The predicted molar refractivity (Wildman–Crippen MR) is 86.7 cm³/mol. The quantitative estimate of drug-likeness (QED) is 0.563. The highest BCUT2D eigenvalue weighted by molar-refractivity contribution is 7.99. The number of carbonyl (C=O) groups excluding carboxylic acids is 1. The van der Waals surface area contributed by atoms with Gasteiger partial charge < -0.3 is 10.4 Å². The van der Waals surface area contributed by atoms with Crippen LogP contribution in [-0.4, -0.2) is 44.0 Å². The number of thioether (sulfide) groups is 1. The fourth-order valence-corrected chi connectivity index (χ4v) is 2.61. The van der Waals surface area contributed by atoms with Gasteiger partial charge in [0.1, 0.15) is 6.33 Å². The van der Waals surface area contributed by atoms with Crippen molar-refractivity contribution in [1.29, 1.82) is 0 Å². The van der Waals surface area contributed by atoms with E-state index in [-0.39, 0.29) is 18.1 Å². The van der Waals surface area contributed by atoms with Crippen LogP contribution in [0.5, 0.6) is 0 Å². The number of nitrogens with zero attached hydrogens (tertiary/aromatic N) is 3. The minimum absolute atomic E-state index is 0.0508. The van der Waals surface area contributed by atoms with E-state index in [0.717, 1.165) is 11.3 Å². The minimum Gasteiger partial charge on any atom is -0.481 e. The highest BCUT2D eigenvalue weighted by Gasteiger charge is 2.10. The van der Waals surface area contributed by atoms with E-state index < -0.39 is 5.97 Å². The Morgan fingerprint density at radius 1 is 1.30 bits per heavy atom. The Balaban J connectivity index is 1.85. The Morgan fingerprint density at radius 2 is 2.04 bits per heavy atom. The van der Waals surface area contributed by atoms with Crippen LogP contribution in [0.2, 0.25) is 0 Å². The molecule has 0 unspecified atom stereocenters. The highest BCUT2D eigenvalue weighted by atomic mass is 32.2. The van der Waals surface area contributed by atoms with Gasteiger partial charge in [0.2, 0.25) is 5.91 Å². The van der Waals surface area contributed by atoms with E-state index in [1.807, 2.05) is 35.8 Å². The largest absolute Gasteiger partial charge is 0.481 e. The SMILES string of the molecule is Cc1ccc(-n2cnnc2SCC(=O)NCCCC(=O)O)cc1. The van der Waals surface area contributed by atoms with Gasteiger partial charge in [-0.05, 0) is 25.5 Å². The molecule has 2 aromatic rings. The first-order valence-electron chi connectivity index (χ1n) is 7.14. The number of carboxylic acids is 1. The summed E-state index contributed by atoms with van der Waals surface area (Å²) in [4.78, 5) is 22.1. The van der Waals surface area contributed by atoms with Crippen molar-refractivity contribution in [2.45, 2.75) is 24.9 Å². The molecule has 7 nitrogen and oxygen atoms in total. The van der Waals surface area contributed by atoms with Crippen LogP contribution in [0.15, 0.2) is 35.7 Å². The topological polar surface area (TPSA) is 97.1 Å². The van der Waals surface area contributed by atoms with Gasteiger partial charge in [-0.15, -0.1) is 10.2 Å². The zero-order valence-corrected chi connectivity index (χ0v) is 13.5. The van der Waals surface area contributed by atoms with Gasteiger partial charge in [0.15, 0.2) is 5.16 Å². The Hall–Kier alpha value is -2.35. The molecule has 0 fully saturated rings. The number of hydrogen-bond acceptors (Lipinski definition) is 5. The first kappa shape index (κ1) is 17.0. The lowest BCUT2D eigenvalue weighted by molar-refractivity contribution is -0.137. The molecule has 0 saturated carbocycles. The Morgan fingerprint density at radius 3 is 2.74 bits per heavy atom. The van der Waals surface area contributed by atoms with Gasteiger partial charge in [-0.2, -0.15) is 0 Å². The molecule has 1 heterocycles. The summed E-state index contributed by atoms with van der Waals surface area (Å²) in [5, 5.41) is 19.8. The highest BCUT2D eigenvalue weighted by Crippen LogP contribution is 2.19. The van der Waals surface area contributed by atoms with Crippen molar-refractivity contribution in [3.8, 4) is 5.69 Å². The number of hydrogen-bond donors (Lipinski definition) is 2. The molecule has 0 atom stereocenters. The van der Waals surface area contributed by atoms with Crippen LogP contribution in [0.1, 0.15) is 18.4 Å². The average Bonchev–Trinajstić information content (AvgIpc) is 2.98. The molecule has 0 saturated heterocycles. The van der Waals surface area contributed by atoms with Gasteiger partial charge in [0.05, 0.1) is 5.75 Å². The molecule has 1 aromatic heterocycles. The van der Waals surface area contributed by atoms with Crippen LogP contribution in [0, 0.1) is 6.92 Å². The summed E-state index contributed by atoms with van der Waals surface area (Å²) in [5.41, 5.74) is 2.10. The summed E-state index contributed by atoms with van der Waals surface area (Å²) >= 11 is 1.29. The monoisotopic (exact) mass is 334 g/mol. The summed E-state index contributed by atoms with van der Waals surface area (Å²) in [6.45, 7) is 2.37. The molecule has 0 aliphatic rings. The first-order chi connectivity index (χ1) is 11.1. The minimum atomic E-state index is -0.861. The Labute approximate surface area is 138 Å². The van der Waals surface area contributed by atoms with E-state index in [4.69, 9.17) is 5.11 Å². The third-order valence-corrected chi connectivity index (χ3v) is 3.99. The zero-order chi connectivity index (χ0) is 16.7. The summed E-state index contributed by atoms with van der Waals surface area (Å²) in [6, 6.07) is 7.93. The van der Waals surface area contributed by atoms with Crippen molar-refractivity contribution in [1.82, 2.24) is 20.1 Å². The van der Waals surface area contributed by atoms with Crippen molar-refractivity contribution in [2.75, 3.05) is 12.3 Å². The van der Waals surface area contributed by atoms with E-state index in [1.54, 1.807) is 6.33 Å². The van der Waals surface area contributed by atoms with Crippen LogP contribution in [0.25, 0.3) is 5.69 Å². The molecule has 23 heavy (non-hydrogen) atoms. The second kappa shape index (κ2) is 8.33. The number of benzene rings is 1. The number of aryl methyl sites for hydroxylation is 1. The molecule has 122 valence electrons. The number of amides is 1. The van der Waals surface area contributed by atoms with Crippen molar-refractivity contribution >= 4 is 23.6 Å². The standard InChI is InChI=1S/C15H18N4O3S/c1-11-4-6-12(7-5-11)19-10-17-18-15(19)23-9-13(20)16-8-2-3-14(21)22/h4-7,10H,2-3,8-9H2,1H3,(H,16,20)(H,21,22). The van der Waals surface area contributed by atoms with Gasteiger partial charge >= 0.3 is 5.97 Å². The number of carbonyl (C=O) groups is 2. The van der Waals surface area contributed by atoms with Crippen LogP contribution in [0.3, 0.4) is 0 Å². The van der Waals surface area contributed by atoms with E-state index in [0.29, 0.717) is 18.1 Å². The summed E-state index contributed by atoms with van der Waals surface area (Å²) in [5.74, 6) is -0.809. The molecule has 1 aromatic carbocycles. The molecule has 2 N–H and O–H groups in total. The molecular formula is C15H18N4O3S. The van der Waals surface area contributed by atoms with Crippen LogP contribution < -0.4 is 5.32 Å². The van der Waals surface area contributed by atoms with Gasteiger partial charge in [-0.3, -0.25) is 14.2 Å². The lowest BCUT2D eigenvalue weighted by atomic mass is 10.2. The molecule has 8 heteroatoms. The lowest BCUT2D eigenvalue weighted by Crippen LogP contribution is -2.26. The first-order valence-corrected chi connectivity index (χ1v) is 8.13. The van der Waals surface area contributed by atoms with Gasteiger partial charge in [-0.25, -0.2) is 0 Å². The molecule has 0 radical (unpaired) electrons. The maximum Gasteiger partial charge on any atom is 0.303 e. The molecule has 2 rings (SSSR count). The number of rotatable bonds is 8. The number of aromatic nitrogens is 3.